The lowest BCUT2D eigenvalue weighted by molar-refractivity contribution is -0.148. The first kappa shape index (κ1) is 17.7. The highest BCUT2D eigenvalue weighted by Crippen LogP contribution is 2.42. The minimum atomic E-state index is -4.30. The molecule has 0 amide bonds. The molecule has 1 aliphatic heterocycles. The Kier molecular flexibility index (Phi) is 5.59. The van der Waals surface area contributed by atoms with Crippen LogP contribution in [0.1, 0.15) is 18.0 Å². The van der Waals surface area contributed by atoms with Crippen LogP contribution in [-0.4, -0.2) is 56.6 Å². The first-order valence-electron chi connectivity index (χ1n) is 7.32. The van der Waals surface area contributed by atoms with Crippen LogP contribution in [0.25, 0.3) is 0 Å². The van der Waals surface area contributed by atoms with Gasteiger partial charge in [-0.3, -0.25) is 4.90 Å². The van der Waals surface area contributed by atoms with Crippen LogP contribution in [0.2, 0.25) is 0 Å². The molecule has 23 heavy (non-hydrogen) atoms. The van der Waals surface area contributed by atoms with Crippen LogP contribution >= 0.6 is 0 Å². The van der Waals surface area contributed by atoms with Crippen LogP contribution in [0.4, 0.5) is 13.2 Å². The molecule has 0 saturated carbocycles. The lowest BCUT2D eigenvalue weighted by Crippen LogP contribution is -2.46. The monoisotopic (exact) mass is 334 g/mol. The van der Waals surface area contributed by atoms with E-state index in [2.05, 4.69) is 5.32 Å². The number of phenolic OH excluding ortho intramolecular Hbond substituents is 1. The number of alkyl halides is 3. The molecule has 5 nitrogen and oxygen atoms in total. The second-order valence-electron chi connectivity index (χ2n) is 5.40. The molecule has 0 aliphatic carbocycles. The molecular formula is C15H21F3N2O3. The maximum atomic E-state index is 13.0. The molecule has 0 radical (unpaired) electrons. The van der Waals surface area contributed by atoms with Gasteiger partial charge in [0.2, 0.25) is 5.75 Å². The first-order valence-corrected chi connectivity index (χ1v) is 7.32. The van der Waals surface area contributed by atoms with Gasteiger partial charge in [-0.15, -0.1) is 0 Å². The van der Waals surface area contributed by atoms with Crippen LogP contribution in [0.3, 0.4) is 0 Å². The van der Waals surface area contributed by atoms with Gasteiger partial charge in [0, 0.05) is 32.2 Å². The highest BCUT2D eigenvalue weighted by Gasteiger charge is 2.36. The molecule has 0 spiro atoms. The van der Waals surface area contributed by atoms with Crippen molar-refractivity contribution in [3.05, 3.63) is 17.7 Å². The molecular weight excluding hydrogens is 313 g/mol. The summed E-state index contributed by atoms with van der Waals surface area (Å²) in [6.45, 7) is 2.32. The predicted octanol–water partition coefficient (Wildman–Crippen LogP) is 2.31. The maximum Gasteiger partial charge on any atom is 0.390 e. The van der Waals surface area contributed by atoms with Crippen LogP contribution in [-0.2, 0) is 0 Å². The van der Waals surface area contributed by atoms with E-state index >= 15 is 0 Å². The molecule has 1 saturated heterocycles. The molecule has 1 atom stereocenters. The largest absolute Gasteiger partial charge is 0.502 e. The SMILES string of the molecule is COc1cc([C@@H](CC(F)(F)F)N2CCNCC2)cc(OC)c1O. The lowest BCUT2D eigenvalue weighted by Gasteiger charge is -2.36. The highest BCUT2D eigenvalue weighted by atomic mass is 19.4. The van der Waals surface area contributed by atoms with Crippen LogP contribution in [0, 0.1) is 0 Å². The van der Waals surface area contributed by atoms with Crippen molar-refractivity contribution in [3.63, 3.8) is 0 Å². The molecule has 8 heteroatoms. The van der Waals surface area contributed by atoms with Gasteiger partial charge in [-0.1, -0.05) is 0 Å². The summed E-state index contributed by atoms with van der Waals surface area (Å²) < 4.78 is 49.2. The first-order chi connectivity index (χ1) is 10.9. The molecule has 0 bridgehead atoms. The third kappa shape index (κ3) is 4.42. The number of ether oxygens (including phenoxy) is 2. The molecule has 1 fully saturated rings. The van der Waals surface area contributed by atoms with Crippen molar-refractivity contribution in [1.82, 2.24) is 10.2 Å². The molecule has 2 rings (SSSR count). The summed E-state index contributed by atoms with van der Waals surface area (Å²) in [5.74, 6) is -0.0202. The van der Waals surface area contributed by atoms with E-state index in [9.17, 15) is 18.3 Å². The highest BCUT2D eigenvalue weighted by molar-refractivity contribution is 5.53. The second-order valence-corrected chi connectivity index (χ2v) is 5.40. The summed E-state index contributed by atoms with van der Waals surface area (Å²) in [7, 11) is 2.70. The number of aromatic hydroxyl groups is 1. The third-order valence-corrected chi connectivity index (χ3v) is 3.90. The molecule has 2 N–H and O–H groups in total. The average molecular weight is 334 g/mol. The summed E-state index contributed by atoms with van der Waals surface area (Å²) in [6.07, 6.45) is -5.27. The Labute approximate surface area is 133 Å². The van der Waals surface area contributed by atoms with Crippen molar-refractivity contribution >= 4 is 0 Å². The number of nitrogens with zero attached hydrogens (tertiary/aromatic N) is 1. The van der Waals surface area contributed by atoms with Gasteiger partial charge in [0.05, 0.1) is 20.6 Å². The van der Waals surface area contributed by atoms with Crippen molar-refractivity contribution in [2.45, 2.75) is 18.6 Å². The molecule has 0 unspecified atom stereocenters. The van der Waals surface area contributed by atoms with Crippen molar-refractivity contribution in [3.8, 4) is 17.2 Å². The Bertz CT molecular complexity index is 506. The fourth-order valence-corrected chi connectivity index (χ4v) is 2.78. The van der Waals surface area contributed by atoms with E-state index < -0.39 is 18.6 Å². The minimum absolute atomic E-state index is 0.0988. The van der Waals surface area contributed by atoms with Crippen molar-refractivity contribution in [2.24, 2.45) is 0 Å². The number of hydrogen-bond acceptors (Lipinski definition) is 5. The quantitative estimate of drug-likeness (QED) is 0.865. The van der Waals surface area contributed by atoms with Gasteiger partial charge in [-0.05, 0) is 17.7 Å². The summed E-state index contributed by atoms with van der Waals surface area (Å²) >= 11 is 0. The summed E-state index contributed by atoms with van der Waals surface area (Å²) in [5, 5.41) is 13.1. The van der Waals surface area contributed by atoms with Gasteiger partial charge in [-0.25, -0.2) is 0 Å². The standard InChI is InChI=1S/C15H21F3N2O3/c1-22-12-7-10(8-13(23-2)14(12)21)11(9-15(16,17)18)20-5-3-19-4-6-20/h7-8,11,19,21H,3-6,9H2,1-2H3/t11-/m1/s1. The predicted molar refractivity (Wildman–Crippen MR) is 79.1 cm³/mol. The van der Waals surface area contributed by atoms with Gasteiger partial charge in [0.1, 0.15) is 0 Å². The summed E-state index contributed by atoms with van der Waals surface area (Å²) in [4.78, 5) is 1.79. The van der Waals surface area contributed by atoms with Crippen LogP contribution in [0.5, 0.6) is 17.2 Å². The zero-order chi connectivity index (χ0) is 17.0. The summed E-state index contributed by atoms with van der Waals surface area (Å²) in [5.41, 5.74) is 0.413. The third-order valence-electron chi connectivity index (χ3n) is 3.90. The zero-order valence-electron chi connectivity index (χ0n) is 13.1. The molecule has 1 aliphatic rings. The van der Waals surface area contributed by atoms with Gasteiger partial charge in [-0.2, -0.15) is 13.2 Å². The van der Waals surface area contributed by atoms with Gasteiger partial charge in [0.15, 0.2) is 11.5 Å². The summed E-state index contributed by atoms with van der Waals surface area (Å²) in [6, 6.07) is 2.03. The number of phenols is 1. The van der Waals surface area contributed by atoms with E-state index in [4.69, 9.17) is 9.47 Å². The van der Waals surface area contributed by atoms with E-state index in [0.717, 1.165) is 0 Å². The van der Waals surface area contributed by atoms with Gasteiger partial charge in [0.25, 0.3) is 0 Å². The topological polar surface area (TPSA) is 54.0 Å². The van der Waals surface area contributed by atoms with Crippen molar-refractivity contribution in [2.75, 3.05) is 40.4 Å². The Balaban J connectivity index is 2.41. The average Bonchev–Trinajstić information content (AvgIpc) is 2.53. The number of rotatable bonds is 5. The van der Waals surface area contributed by atoms with Gasteiger partial charge < -0.3 is 19.9 Å². The van der Waals surface area contributed by atoms with E-state index in [1.165, 1.54) is 26.4 Å². The smallest absolute Gasteiger partial charge is 0.390 e. The fourth-order valence-electron chi connectivity index (χ4n) is 2.78. The number of nitrogens with one attached hydrogen (secondary N) is 1. The Morgan fingerprint density at radius 1 is 1.17 bits per heavy atom. The number of methoxy groups -OCH3 is 2. The van der Waals surface area contributed by atoms with E-state index in [-0.39, 0.29) is 17.2 Å². The van der Waals surface area contributed by atoms with Crippen molar-refractivity contribution in [1.29, 1.82) is 0 Å². The van der Waals surface area contributed by atoms with Crippen LogP contribution in [0.15, 0.2) is 12.1 Å². The number of hydrogen-bond donors (Lipinski definition) is 2. The Morgan fingerprint density at radius 3 is 2.13 bits per heavy atom. The maximum absolute atomic E-state index is 13.0. The molecule has 1 heterocycles. The van der Waals surface area contributed by atoms with Crippen molar-refractivity contribution < 1.29 is 27.8 Å². The molecule has 0 aromatic heterocycles. The molecule has 1 aromatic rings. The van der Waals surface area contributed by atoms with E-state index in [1.807, 2.05) is 0 Å². The van der Waals surface area contributed by atoms with Gasteiger partial charge >= 0.3 is 6.18 Å². The second kappa shape index (κ2) is 7.27. The molecule has 130 valence electrons. The Hall–Kier alpha value is -1.67. The number of halogens is 3. The normalized spacial score (nSPS) is 17.8. The minimum Gasteiger partial charge on any atom is -0.502 e. The number of piperazine rings is 1. The zero-order valence-corrected chi connectivity index (χ0v) is 13.1. The lowest BCUT2D eigenvalue weighted by atomic mass is 9.99. The van der Waals surface area contributed by atoms with E-state index in [1.54, 1.807) is 4.90 Å². The van der Waals surface area contributed by atoms with Crippen LogP contribution < -0.4 is 14.8 Å². The number of benzene rings is 1. The fraction of sp³-hybridized carbons (Fsp3) is 0.600. The van der Waals surface area contributed by atoms with E-state index in [0.29, 0.717) is 31.7 Å². The Morgan fingerprint density at radius 2 is 1.70 bits per heavy atom. The molecule has 1 aromatic carbocycles.